The molecule has 1 aliphatic rings. The summed E-state index contributed by atoms with van der Waals surface area (Å²) in [5.41, 5.74) is 3.76. The molecule has 4 rings (SSSR count). The number of hydrogen-bond acceptors (Lipinski definition) is 4. The number of nitrogens with zero attached hydrogens (tertiary/aromatic N) is 3. The molecule has 1 aromatic heterocycles. The van der Waals surface area contributed by atoms with Gasteiger partial charge in [-0.25, -0.2) is 13.2 Å². The number of aryl methyl sites for hydroxylation is 1. The summed E-state index contributed by atoms with van der Waals surface area (Å²) in [5.74, 6) is -1.94. The highest BCUT2D eigenvalue weighted by atomic mass is 32.2. The van der Waals surface area contributed by atoms with Gasteiger partial charge in [-0.1, -0.05) is 6.08 Å². The minimum Gasteiger partial charge on any atom is -0.377 e. The number of rotatable bonds is 7. The smallest absolute Gasteiger partial charge is 0.196 e. The number of aromatic nitrogens is 2. The third-order valence-corrected chi connectivity index (χ3v) is 7.07. The minimum atomic E-state index is -2.25. The van der Waals surface area contributed by atoms with Crippen molar-refractivity contribution in [2.24, 2.45) is 0 Å². The van der Waals surface area contributed by atoms with E-state index < -0.39 is 28.3 Å². The molecule has 0 radical (unpaired) electrons. The summed E-state index contributed by atoms with van der Waals surface area (Å²) in [5, 5.41) is 7.64. The first-order chi connectivity index (χ1) is 16.3. The summed E-state index contributed by atoms with van der Waals surface area (Å²) >= 11 is 0. The number of halogens is 3. The largest absolute Gasteiger partial charge is 0.377 e. The van der Waals surface area contributed by atoms with Crippen LogP contribution in [0.1, 0.15) is 18.1 Å². The van der Waals surface area contributed by atoms with Crippen LogP contribution >= 0.6 is 0 Å². The molecule has 0 spiro atoms. The van der Waals surface area contributed by atoms with Crippen molar-refractivity contribution in [2.75, 3.05) is 24.8 Å². The van der Waals surface area contributed by atoms with E-state index in [1.165, 1.54) is 6.07 Å². The van der Waals surface area contributed by atoms with Gasteiger partial charge in [0.15, 0.2) is 16.6 Å². The molecule has 2 heterocycles. The summed E-state index contributed by atoms with van der Waals surface area (Å²) < 4.78 is 57.0. The van der Waals surface area contributed by atoms with Crippen LogP contribution in [0.25, 0.3) is 16.8 Å². The van der Waals surface area contributed by atoms with Crippen molar-refractivity contribution in [2.45, 2.75) is 25.3 Å². The molecule has 1 aliphatic heterocycles. The quantitative estimate of drug-likeness (QED) is 0.365. The molecule has 0 amide bonds. The lowest BCUT2D eigenvalue weighted by Crippen LogP contribution is -2.13. The van der Waals surface area contributed by atoms with E-state index in [1.54, 1.807) is 17.7 Å². The fraction of sp³-hybridized carbons (Fsp3) is 0.240. The predicted molar refractivity (Wildman–Crippen MR) is 130 cm³/mol. The molecule has 9 heteroatoms. The summed E-state index contributed by atoms with van der Waals surface area (Å²) in [4.78, 5) is 1.85. The fourth-order valence-electron chi connectivity index (χ4n) is 3.84. The predicted octanol–water partition coefficient (Wildman–Crippen LogP) is 5.26. The Morgan fingerprint density at radius 1 is 1.15 bits per heavy atom. The molecule has 34 heavy (non-hydrogen) atoms. The maximum atomic E-state index is 15.1. The first-order valence-corrected chi connectivity index (χ1v) is 12.3. The normalized spacial score (nSPS) is 14.3. The van der Waals surface area contributed by atoms with Gasteiger partial charge in [0.25, 0.3) is 0 Å². The number of thiol groups is 1. The van der Waals surface area contributed by atoms with Crippen LogP contribution in [0.5, 0.6) is 0 Å². The zero-order valence-electron chi connectivity index (χ0n) is 19.1. The van der Waals surface area contributed by atoms with Crippen LogP contribution in [0.15, 0.2) is 59.8 Å². The molecule has 1 N–H and O–H groups in total. The number of benzene rings is 2. The Labute approximate surface area is 199 Å². The lowest BCUT2D eigenvalue weighted by atomic mass is 9.96. The molecule has 0 saturated heterocycles. The van der Waals surface area contributed by atoms with E-state index in [2.05, 4.69) is 16.5 Å². The summed E-state index contributed by atoms with van der Waals surface area (Å²) in [6.45, 7) is 5.07. The summed E-state index contributed by atoms with van der Waals surface area (Å²) in [6, 6.07) is 5.74. The van der Waals surface area contributed by atoms with Gasteiger partial charge in [-0.2, -0.15) is 5.10 Å². The molecule has 0 bridgehead atoms. The second-order valence-corrected chi connectivity index (χ2v) is 9.62. The van der Waals surface area contributed by atoms with E-state index in [1.807, 2.05) is 37.3 Å². The Hall–Kier alpha value is -3.33. The van der Waals surface area contributed by atoms with E-state index in [-0.39, 0.29) is 10.8 Å². The van der Waals surface area contributed by atoms with Crippen molar-refractivity contribution in [3.05, 3.63) is 83.5 Å². The first kappa shape index (κ1) is 23.8. The first-order valence-electron chi connectivity index (χ1n) is 10.9. The van der Waals surface area contributed by atoms with Crippen molar-refractivity contribution in [3.63, 3.8) is 0 Å². The van der Waals surface area contributed by atoms with Crippen molar-refractivity contribution < 1.29 is 17.4 Å². The molecule has 0 saturated carbocycles. The zero-order valence-corrected chi connectivity index (χ0v) is 20.0. The third-order valence-electron chi connectivity index (χ3n) is 5.75. The molecular weight excluding hydrogens is 461 g/mol. The molecule has 5 nitrogen and oxygen atoms in total. The molecule has 1 unspecified atom stereocenters. The maximum Gasteiger partial charge on any atom is 0.196 e. The monoisotopic (exact) mass is 487 g/mol. The Bertz CT molecular complexity index is 1320. The highest BCUT2D eigenvalue weighted by Crippen LogP contribution is 2.36. The van der Waals surface area contributed by atoms with Gasteiger partial charge in [0.1, 0.15) is 28.1 Å². The number of likely N-dealkylation sites (N-methyl/N-ethyl adjacent to an activating group) is 1. The number of allylic oxidation sites excluding steroid dienone is 2. The van der Waals surface area contributed by atoms with Crippen LogP contribution in [-0.2, 0) is 21.6 Å². The summed E-state index contributed by atoms with van der Waals surface area (Å²) in [7, 11) is -0.280. The maximum absolute atomic E-state index is 15.1. The molecular formula is C25H26F3N4OS+. The Morgan fingerprint density at radius 3 is 2.62 bits per heavy atom. The van der Waals surface area contributed by atoms with Crippen LogP contribution in [0.3, 0.4) is 0 Å². The summed E-state index contributed by atoms with van der Waals surface area (Å²) in [6.07, 6.45) is 7.90. The van der Waals surface area contributed by atoms with Gasteiger partial charge in [-0.3, -0.25) is 4.68 Å². The average molecular weight is 488 g/mol. The van der Waals surface area contributed by atoms with Crippen LogP contribution < -0.4 is 5.32 Å². The van der Waals surface area contributed by atoms with E-state index >= 15 is 4.39 Å². The second kappa shape index (κ2) is 9.89. The lowest BCUT2D eigenvalue weighted by molar-refractivity contribution is 0.506. The van der Waals surface area contributed by atoms with Gasteiger partial charge < -0.3 is 10.2 Å². The van der Waals surface area contributed by atoms with Gasteiger partial charge in [-0.05, 0) is 61.5 Å². The van der Waals surface area contributed by atoms with Crippen molar-refractivity contribution in [3.8, 4) is 11.3 Å². The van der Waals surface area contributed by atoms with Crippen LogP contribution in [0, 0.1) is 24.4 Å². The Morgan fingerprint density at radius 2 is 1.91 bits per heavy atom. The topological polar surface area (TPSA) is 50.2 Å². The van der Waals surface area contributed by atoms with Crippen LogP contribution in [-0.4, -0.2) is 34.1 Å². The molecule has 178 valence electrons. The number of anilines is 1. The van der Waals surface area contributed by atoms with E-state index in [0.717, 1.165) is 35.9 Å². The molecule has 2 aromatic carbocycles. The standard InChI is InChI=1S/C25H25F3N4OS/c1-4-32-14-19(17-9-11-31(3)12-10-17)25(30-32)24-16(2)22(8-7-21(24)28)29-15-34(33)23-13-18(26)5-6-20(23)27/h5-11,13-14,29H,4,12,15H2,1-3H3/p+1. The highest BCUT2D eigenvalue weighted by Gasteiger charge is 2.23. The Balaban J connectivity index is 1.68. The van der Waals surface area contributed by atoms with E-state index in [9.17, 15) is 13.0 Å². The number of nitrogens with one attached hydrogen (secondary N) is 1. The van der Waals surface area contributed by atoms with Crippen LogP contribution in [0.4, 0.5) is 18.9 Å². The van der Waals surface area contributed by atoms with Crippen LogP contribution in [0.2, 0.25) is 0 Å². The van der Waals surface area contributed by atoms with Crippen molar-refractivity contribution >= 4 is 22.1 Å². The second-order valence-electron chi connectivity index (χ2n) is 8.07. The highest BCUT2D eigenvalue weighted by molar-refractivity contribution is 7.85. The van der Waals surface area contributed by atoms with Gasteiger partial charge in [-0.15, -0.1) is 4.21 Å². The van der Waals surface area contributed by atoms with E-state index in [4.69, 9.17) is 0 Å². The van der Waals surface area contributed by atoms with Gasteiger partial charge in [0.2, 0.25) is 0 Å². The fourth-order valence-corrected chi connectivity index (χ4v) is 4.90. The molecule has 0 aliphatic carbocycles. The lowest BCUT2D eigenvalue weighted by Gasteiger charge is -2.18. The Kier molecular flexibility index (Phi) is 6.92. The SMILES string of the molecule is CCn1cc(C2=CCN(C)C=C2)c(-c2c(F)ccc(NC[SH+](=O)c3cc(F)ccc3F)c2C)n1. The van der Waals surface area contributed by atoms with Gasteiger partial charge >= 0.3 is 0 Å². The van der Waals surface area contributed by atoms with E-state index in [0.29, 0.717) is 29.1 Å². The average Bonchev–Trinajstić information content (AvgIpc) is 3.24. The van der Waals surface area contributed by atoms with Gasteiger partial charge in [0.05, 0.1) is 0 Å². The molecule has 1 atom stereocenters. The molecule has 3 aromatic rings. The van der Waals surface area contributed by atoms with Gasteiger partial charge in [0, 0.05) is 49.2 Å². The van der Waals surface area contributed by atoms with Crippen molar-refractivity contribution in [1.82, 2.24) is 14.7 Å². The molecule has 0 fully saturated rings. The number of hydrogen-bond donors (Lipinski definition) is 1. The third kappa shape index (κ3) is 4.79. The minimum absolute atomic E-state index is 0.127. The zero-order chi connectivity index (χ0) is 24.4. The van der Waals surface area contributed by atoms with Crippen molar-refractivity contribution in [1.29, 1.82) is 0 Å².